The van der Waals surface area contributed by atoms with Crippen molar-refractivity contribution in [2.45, 2.75) is 29.0 Å². The summed E-state index contributed by atoms with van der Waals surface area (Å²) in [5.74, 6) is -1.20. The van der Waals surface area contributed by atoms with Crippen LogP contribution in [-0.2, 0) is 14.4 Å². The summed E-state index contributed by atoms with van der Waals surface area (Å²) in [6, 6.07) is 5.78. The van der Waals surface area contributed by atoms with Crippen molar-refractivity contribution in [2.24, 2.45) is 29.6 Å². The van der Waals surface area contributed by atoms with Crippen molar-refractivity contribution in [3.8, 4) is 11.5 Å². The van der Waals surface area contributed by atoms with Crippen molar-refractivity contribution in [3.63, 3.8) is 0 Å². The van der Waals surface area contributed by atoms with E-state index < -0.39 is 17.8 Å². The molecule has 11 heteroatoms. The smallest absolute Gasteiger partial charge is 0.305 e. The molecule has 1 aromatic heterocycles. The summed E-state index contributed by atoms with van der Waals surface area (Å²) < 4.78 is 11.0. The van der Waals surface area contributed by atoms with Crippen molar-refractivity contribution >= 4 is 40.9 Å². The number of thiazole rings is 1. The second-order valence-electron chi connectivity index (χ2n) is 9.55. The summed E-state index contributed by atoms with van der Waals surface area (Å²) in [7, 11) is 3.16. The lowest BCUT2D eigenvalue weighted by molar-refractivity contribution is -0.142. The number of hydrogen-bond acceptors (Lipinski definition) is 8. The largest absolute Gasteiger partial charge is 0.493 e. The molecule has 4 aliphatic rings. The molecule has 3 fully saturated rings. The third-order valence-corrected chi connectivity index (χ3v) is 10.7. The highest BCUT2D eigenvalue weighted by atomic mass is 32.2. The number of fused-ring (bicyclic) bond motifs is 9. The number of methoxy groups -OCH3 is 2. The zero-order chi connectivity index (χ0) is 24.6. The highest BCUT2D eigenvalue weighted by molar-refractivity contribution is 8.00. The summed E-state index contributed by atoms with van der Waals surface area (Å²) in [4.78, 5) is 55.1. The Balaban J connectivity index is 1.42. The monoisotopic (exact) mass is 516 g/mol. The molecule has 1 saturated heterocycles. The molecule has 35 heavy (non-hydrogen) atoms. The van der Waals surface area contributed by atoms with Crippen molar-refractivity contribution in [1.82, 2.24) is 9.88 Å². The number of imide groups is 1. The lowest BCUT2D eigenvalue weighted by Gasteiger charge is -2.43. The van der Waals surface area contributed by atoms with Gasteiger partial charge in [-0.1, -0.05) is 17.4 Å². The van der Waals surface area contributed by atoms with Crippen LogP contribution in [0, 0.1) is 29.6 Å². The maximum atomic E-state index is 13.4. The summed E-state index contributed by atoms with van der Waals surface area (Å²) >= 11 is 2.82. The zero-order valence-electron chi connectivity index (χ0n) is 19.1. The molecule has 2 amide bonds. The minimum atomic E-state index is -1.03. The van der Waals surface area contributed by atoms with Gasteiger partial charge in [0.1, 0.15) is 0 Å². The molecule has 9 nitrogen and oxygen atoms in total. The van der Waals surface area contributed by atoms with E-state index in [4.69, 9.17) is 14.6 Å². The van der Waals surface area contributed by atoms with E-state index in [1.54, 1.807) is 26.0 Å². The van der Waals surface area contributed by atoms with Gasteiger partial charge in [0.2, 0.25) is 11.8 Å². The number of rotatable bonds is 6. The van der Waals surface area contributed by atoms with Crippen LogP contribution in [0.4, 0.5) is 0 Å². The average molecular weight is 517 g/mol. The molecule has 0 spiro atoms. The number of carbonyl (C=O) groups excluding carboxylic acids is 2. The molecule has 2 saturated carbocycles. The predicted molar refractivity (Wildman–Crippen MR) is 127 cm³/mol. The van der Waals surface area contributed by atoms with Gasteiger partial charge in [0.25, 0.3) is 0 Å². The molecule has 3 heterocycles. The van der Waals surface area contributed by atoms with E-state index in [2.05, 4.69) is 4.98 Å². The van der Waals surface area contributed by atoms with Gasteiger partial charge in [-0.3, -0.25) is 24.1 Å². The third-order valence-electron chi connectivity index (χ3n) is 8.13. The zero-order valence-corrected chi connectivity index (χ0v) is 20.7. The number of thioether (sulfide) groups is 1. The first kappa shape index (κ1) is 22.7. The number of benzene rings is 1. The number of nitrogens with one attached hydrogen (secondary N) is 1. The normalized spacial score (nSPS) is 32.4. The van der Waals surface area contributed by atoms with E-state index in [0.717, 1.165) is 21.9 Å². The molecule has 0 radical (unpaired) electrons. The van der Waals surface area contributed by atoms with Crippen LogP contribution in [0.25, 0.3) is 0 Å². The quantitative estimate of drug-likeness (QED) is 0.561. The van der Waals surface area contributed by atoms with E-state index in [1.807, 2.05) is 18.2 Å². The summed E-state index contributed by atoms with van der Waals surface area (Å²) in [5, 5.41) is 9.99. The number of nitrogens with zero attached hydrogens (tertiary/aromatic N) is 1. The molecule has 6 rings (SSSR count). The summed E-state index contributed by atoms with van der Waals surface area (Å²) in [5.41, 5.74) is 0.984. The van der Waals surface area contributed by atoms with Crippen LogP contribution in [0.2, 0.25) is 0 Å². The lowest BCUT2D eigenvalue weighted by atomic mass is 9.68. The van der Waals surface area contributed by atoms with E-state index in [1.165, 1.54) is 16.2 Å². The third kappa shape index (κ3) is 3.20. The Kier molecular flexibility index (Phi) is 5.26. The van der Waals surface area contributed by atoms with Gasteiger partial charge < -0.3 is 19.6 Å². The summed E-state index contributed by atoms with van der Waals surface area (Å²) in [6.45, 7) is -0.0817. The molecule has 2 aromatic rings. The number of carboxylic acids is 1. The van der Waals surface area contributed by atoms with Gasteiger partial charge in [-0.15, -0.1) is 11.8 Å². The van der Waals surface area contributed by atoms with Crippen molar-refractivity contribution in [3.05, 3.63) is 38.3 Å². The fourth-order valence-electron chi connectivity index (χ4n) is 6.93. The highest BCUT2D eigenvalue weighted by Crippen LogP contribution is 2.68. The van der Waals surface area contributed by atoms with E-state index in [-0.39, 0.29) is 58.6 Å². The first-order valence-corrected chi connectivity index (χ1v) is 13.2. The number of aliphatic carboxylic acids is 1. The van der Waals surface area contributed by atoms with E-state index in [9.17, 15) is 19.2 Å². The van der Waals surface area contributed by atoms with Gasteiger partial charge in [-0.2, -0.15) is 0 Å². The van der Waals surface area contributed by atoms with Crippen LogP contribution in [0.1, 0.15) is 29.2 Å². The fraction of sp³-hybridized carbons (Fsp3) is 0.500. The Morgan fingerprint density at radius 1 is 1.11 bits per heavy atom. The van der Waals surface area contributed by atoms with Crippen LogP contribution in [0.5, 0.6) is 11.5 Å². The Morgan fingerprint density at radius 3 is 2.51 bits per heavy atom. The van der Waals surface area contributed by atoms with Gasteiger partial charge in [-0.05, 0) is 41.9 Å². The Bertz CT molecular complexity index is 1300. The molecule has 2 aliphatic heterocycles. The van der Waals surface area contributed by atoms with Crippen molar-refractivity contribution < 1.29 is 29.0 Å². The molecule has 2 bridgehead atoms. The van der Waals surface area contributed by atoms with Gasteiger partial charge >= 0.3 is 10.8 Å². The predicted octanol–water partition coefficient (Wildman–Crippen LogP) is 2.40. The number of carboxylic acid groups (broad SMARTS) is 1. The number of carbonyl (C=O) groups is 3. The Morgan fingerprint density at radius 2 is 1.83 bits per heavy atom. The number of H-pyrrole nitrogens is 1. The van der Waals surface area contributed by atoms with E-state index in [0.29, 0.717) is 11.5 Å². The highest BCUT2D eigenvalue weighted by Gasteiger charge is 2.69. The molecule has 7 unspecified atom stereocenters. The molecular weight excluding hydrogens is 492 g/mol. The SMILES string of the molecule is COc1ccc(C2c3sc(=O)[nH]c3SC3C4CC(C5C(=O)N(CCC(=O)O)C(=O)C45)C23)cc1OC. The van der Waals surface area contributed by atoms with E-state index >= 15 is 0 Å². The summed E-state index contributed by atoms with van der Waals surface area (Å²) in [6.07, 6.45) is 0.533. The van der Waals surface area contributed by atoms with Crippen molar-refractivity contribution in [1.29, 1.82) is 0 Å². The van der Waals surface area contributed by atoms with Crippen LogP contribution in [-0.4, -0.2) is 58.8 Å². The fourth-order valence-corrected chi connectivity index (χ4v) is 9.81. The van der Waals surface area contributed by atoms with Gasteiger partial charge in [0.15, 0.2) is 11.5 Å². The van der Waals surface area contributed by atoms with Gasteiger partial charge in [0, 0.05) is 22.6 Å². The molecule has 7 atom stereocenters. The number of aromatic nitrogens is 1. The van der Waals surface area contributed by atoms with Gasteiger partial charge in [-0.25, -0.2) is 0 Å². The molecule has 2 aliphatic carbocycles. The maximum absolute atomic E-state index is 13.4. The molecule has 2 N–H and O–H groups in total. The second kappa shape index (κ2) is 8.12. The average Bonchev–Trinajstić information content (AvgIpc) is 3.56. The van der Waals surface area contributed by atoms with Crippen molar-refractivity contribution in [2.75, 3.05) is 20.8 Å². The maximum Gasteiger partial charge on any atom is 0.305 e. The number of amides is 2. The van der Waals surface area contributed by atoms with Crippen LogP contribution in [0.15, 0.2) is 28.0 Å². The number of ether oxygens (including phenoxy) is 2. The lowest BCUT2D eigenvalue weighted by Crippen LogP contribution is -2.42. The number of aromatic amines is 1. The van der Waals surface area contributed by atoms with Crippen LogP contribution >= 0.6 is 23.1 Å². The first-order valence-electron chi connectivity index (χ1n) is 11.5. The second-order valence-corrected chi connectivity index (χ2v) is 11.7. The molecular formula is C24H24N2O7S2. The van der Waals surface area contributed by atoms with Crippen LogP contribution in [0.3, 0.4) is 0 Å². The minimum Gasteiger partial charge on any atom is -0.493 e. The van der Waals surface area contributed by atoms with Gasteiger partial charge in [0.05, 0.1) is 37.5 Å². The van der Waals surface area contributed by atoms with Crippen LogP contribution < -0.4 is 14.3 Å². The topological polar surface area (TPSA) is 126 Å². The molecule has 184 valence electrons. The number of likely N-dealkylation sites (tertiary alicyclic amines) is 1. The molecule has 1 aromatic carbocycles. The first-order chi connectivity index (χ1) is 16.8. The Hall–Kier alpha value is -2.79. The standard InChI is InChI=1S/C24H24N2O7S2/c1-32-12-4-3-9(7-13(12)33-2)15-16-10-8-11(19(16)34-21-20(15)35-24(31)25-21)18-17(10)22(29)26(23(18)30)6-5-14(27)28/h3-4,7,10-11,15-19H,5-6,8H2,1-2H3,(H,25,31)(H,27,28). The number of hydrogen-bond donors (Lipinski definition) is 2. The minimum absolute atomic E-state index is 0.00507. The Labute approximate surface area is 208 Å².